The molecule has 1 fully saturated rings. The van der Waals surface area contributed by atoms with Crippen molar-refractivity contribution in [3.8, 4) is 5.75 Å². The molecule has 24 heavy (non-hydrogen) atoms. The molecule has 0 spiro atoms. The lowest BCUT2D eigenvalue weighted by Gasteiger charge is -2.31. The van der Waals surface area contributed by atoms with Crippen molar-refractivity contribution < 1.29 is 19.2 Å². The van der Waals surface area contributed by atoms with E-state index in [0.29, 0.717) is 12.3 Å². The number of nitro groups is 1. The Kier molecular flexibility index (Phi) is 4.77. The molecule has 1 N–H and O–H groups in total. The number of ether oxygens (including phenoxy) is 1. The summed E-state index contributed by atoms with van der Waals surface area (Å²) in [5.41, 5.74) is -0.523. The molecular formula is C16H21N3O5. The minimum Gasteiger partial charge on any atom is -0.496 e. The molecule has 1 aromatic rings. The van der Waals surface area contributed by atoms with Gasteiger partial charge in [0.15, 0.2) is 0 Å². The molecule has 1 atom stereocenters. The summed E-state index contributed by atoms with van der Waals surface area (Å²) in [7, 11) is 1.41. The van der Waals surface area contributed by atoms with Crippen molar-refractivity contribution in [2.75, 3.05) is 19.0 Å². The third kappa shape index (κ3) is 3.64. The number of nitro benzene ring substituents is 1. The highest BCUT2D eigenvalue weighted by molar-refractivity contribution is 5.98. The number of carbonyl (C=O) groups excluding carboxylic acids is 2. The van der Waals surface area contributed by atoms with Gasteiger partial charge in [0.25, 0.3) is 5.69 Å². The molecule has 2 rings (SSSR count). The van der Waals surface area contributed by atoms with Crippen LogP contribution in [0.25, 0.3) is 0 Å². The summed E-state index contributed by atoms with van der Waals surface area (Å²) in [6, 6.07) is 4.20. The second-order valence-corrected chi connectivity index (χ2v) is 6.71. The molecule has 1 aliphatic heterocycles. The topological polar surface area (TPSA) is 102 Å². The average Bonchev–Trinajstić information content (AvgIpc) is 2.89. The first-order valence-electron chi connectivity index (χ1n) is 7.57. The summed E-state index contributed by atoms with van der Waals surface area (Å²) in [6.45, 7) is 6.01. The number of hydrogen-bond donors (Lipinski definition) is 1. The van der Waals surface area contributed by atoms with E-state index in [1.165, 1.54) is 25.3 Å². The largest absolute Gasteiger partial charge is 0.496 e. The molecule has 0 bridgehead atoms. The fourth-order valence-electron chi connectivity index (χ4n) is 2.66. The lowest BCUT2D eigenvalue weighted by molar-refractivity contribution is -0.384. The summed E-state index contributed by atoms with van der Waals surface area (Å²) in [6.07, 6.45) is 0.104. The van der Waals surface area contributed by atoms with Gasteiger partial charge < -0.3 is 15.0 Å². The standard InChI is InChI=1S/C16H21N3O5/c1-16(2,3)18-9-10(7-14(18)20)15(21)17-12-6-5-11(24-4)8-13(12)19(22)23/h5-6,8,10H,7,9H2,1-4H3,(H,17,21). The number of nitrogens with one attached hydrogen (secondary N) is 1. The minimum atomic E-state index is -0.584. The Morgan fingerprint density at radius 3 is 2.58 bits per heavy atom. The maximum absolute atomic E-state index is 12.4. The number of likely N-dealkylation sites (tertiary alicyclic amines) is 1. The number of hydrogen-bond acceptors (Lipinski definition) is 5. The molecule has 1 aliphatic rings. The van der Waals surface area contributed by atoms with Crippen molar-refractivity contribution in [1.29, 1.82) is 0 Å². The van der Waals surface area contributed by atoms with Crippen LogP contribution in [0.1, 0.15) is 27.2 Å². The van der Waals surface area contributed by atoms with Gasteiger partial charge in [-0.3, -0.25) is 19.7 Å². The lowest BCUT2D eigenvalue weighted by Crippen LogP contribution is -2.42. The quantitative estimate of drug-likeness (QED) is 0.671. The van der Waals surface area contributed by atoms with Gasteiger partial charge in [0, 0.05) is 18.5 Å². The zero-order valence-corrected chi connectivity index (χ0v) is 14.2. The van der Waals surface area contributed by atoms with Gasteiger partial charge >= 0.3 is 0 Å². The van der Waals surface area contributed by atoms with E-state index in [0.717, 1.165) is 0 Å². The average molecular weight is 335 g/mol. The fraction of sp³-hybridized carbons (Fsp3) is 0.500. The van der Waals surface area contributed by atoms with E-state index in [2.05, 4.69) is 5.32 Å². The molecule has 1 aromatic carbocycles. The van der Waals surface area contributed by atoms with Gasteiger partial charge in [-0.05, 0) is 32.9 Å². The van der Waals surface area contributed by atoms with E-state index in [4.69, 9.17) is 4.74 Å². The summed E-state index contributed by atoms with van der Waals surface area (Å²) < 4.78 is 4.96. The van der Waals surface area contributed by atoms with E-state index in [1.54, 1.807) is 4.90 Å². The molecule has 8 heteroatoms. The van der Waals surface area contributed by atoms with E-state index in [-0.39, 0.29) is 29.2 Å². The Morgan fingerprint density at radius 1 is 1.42 bits per heavy atom. The molecule has 8 nitrogen and oxygen atoms in total. The monoisotopic (exact) mass is 335 g/mol. The molecule has 130 valence electrons. The smallest absolute Gasteiger partial charge is 0.296 e. The van der Waals surface area contributed by atoms with E-state index in [1.807, 2.05) is 20.8 Å². The Morgan fingerprint density at radius 2 is 2.08 bits per heavy atom. The van der Waals surface area contributed by atoms with Crippen molar-refractivity contribution in [2.45, 2.75) is 32.7 Å². The Hall–Kier alpha value is -2.64. The van der Waals surface area contributed by atoms with E-state index >= 15 is 0 Å². The van der Waals surface area contributed by atoms with Gasteiger partial charge in [0.2, 0.25) is 11.8 Å². The number of carbonyl (C=O) groups is 2. The molecule has 2 amide bonds. The molecule has 0 saturated carbocycles. The molecule has 1 saturated heterocycles. The van der Waals surface area contributed by atoms with Crippen LogP contribution >= 0.6 is 0 Å². The summed E-state index contributed by atoms with van der Waals surface area (Å²) in [4.78, 5) is 36.7. The van der Waals surface area contributed by atoms with E-state index in [9.17, 15) is 19.7 Å². The zero-order valence-electron chi connectivity index (χ0n) is 14.2. The van der Waals surface area contributed by atoms with Crippen molar-refractivity contribution in [3.05, 3.63) is 28.3 Å². The minimum absolute atomic E-state index is 0.0902. The van der Waals surface area contributed by atoms with Crippen LogP contribution in [0.4, 0.5) is 11.4 Å². The van der Waals surface area contributed by atoms with Gasteiger partial charge in [0.1, 0.15) is 11.4 Å². The van der Waals surface area contributed by atoms with Crippen LogP contribution in [0.3, 0.4) is 0 Å². The number of amides is 2. The maximum Gasteiger partial charge on any atom is 0.296 e. The first-order valence-corrected chi connectivity index (χ1v) is 7.57. The van der Waals surface area contributed by atoms with Crippen molar-refractivity contribution in [3.63, 3.8) is 0 Å². The first-order chi connectivity index (χ1) is 11.1. The number of anilines is 1. The van der Waals surface area contributed by atoms with Gasteiger partial charge in [-0.25, -0.2) is 0 Å². The predicted octanol–water partition coefficient (Wildman–Crippen LogP) is 2.19. The third-order valence-electron chi connectivity index (χ3n) is 3.97. The highest BCUT2D eigenvalue weighted by atomic mass is 16.6. The molecule has 0 aliphatic carbocycles. The summed E-state index contributed by atoms with van der Waals surface area (Å²) >= 11 is 0. The molecule has 0 radical (unpaired) electrons. The zero-order chi connectivity index (χ0) is 18.1. The molecule has 1 unspecified atom stereocenters. The number of benzene rings is 1. The first kappa shape index (κ1) is 17.7. The third-order valence-corrected chi connectivity index (χ3v) is 3.97. The number of nitrogens with zero attached hydrogens (tertiary/aromatic N) is 2. The normalized spacial score (nSPS) is 17.8. The second kappa shape index (κ2) is 6.46. The van der Waals surface area contributed by atoms with Crippen LogP contribution < -0.4 is 10.1 Å². The number of rotatable bonds is 4. The Bertz CT molecular complexity index is 681. The van der Waals surface area contributed by atoms with Crippen LogP contribution in [0.5, 0.6) is 5.75 Å². The van der Waals surface area contributed by atoms with Crippen molar-refractivity contribution in [1.82, 2.24) is 4.90 Å². The lowest BCUT2D eigenvalue weighted by atomic mass is 10.1. The van der Waals surface area contributed by atoms with Gasteiger partial charge in [-0.15, -0.1) is 0 Å². The summed E-state index contributed by atoms with van der Waals surface area (Å²) in [5, 5.41) is 13.7. The number of methoxy groups -OCH3 is 1. The van der Waals surface area contributed by atoms with Crippen LogP contribution in [-0.4, -0.2) is 40.8 Å². The highest BCUT2D eigenvalue weighted by Crippen LogP contribution is 2.31. The second-order valence-electron chi connectivity index (χ2n) is 6.71. The maximum atomic E-state index is 12.4. The van der Waals surface area contributed by atoms with Crippen molar-refractivity contribution >= 4 is 23.2 Å². The van der Waals surface area contributed by atoms with Crippen molar-refractivity contribution in [2.24, 2.45) is 5.92 Å². The summed E-state index contributed by atoms with van der Waals surface area (Å²) in [5.74, 6) is -0.691. The van der Waals surface area contributed by atoms with E-state index < -0.39 is 16.7 Å². The molecule has 0 aromatic heterocycles. The fourth-order valence-corrected chi connectivity index (χ4v) is 2.66. The SMILES string of the molecule is COc1ccc(NC(=O)C2CC(=O)N(C(C)(C)C)C2)c([N+](=O)[O-])c1. The van der Waals surface area contributed by atoms with Crippen LogP contribution in [0.2, 0.25) is 0 Å². The van der Waals surface area contributed by atoms with Gasteiger partial charge in [0.05, 0.1) is 24.0 Å². The van der Waals surface area contributed by atoms with Crippen LogP contribution in [-0.2, 0) is 9.59 Å². The van der Waals surface area contributed by atoms with Crippen LogP contribution in [0.15, 0.2) is 18.2 Å². The predicted molar refractivity (Wildman–Crippen MR) is 87.9 cm³/mol. The Balaban J connectivity index is 2.16. The van der Waals surface area contributed by atoms with Crippen LogP contribution in [0, 0.1) is 16.0 Å². The van der Waals surface area contributed by atoms with Gasteiger partial charge in [-0.2, -0.15) is 0 Å². The van der Waals surface area contributed by atoms with Gasteiger partial charge in [-0.1, -0.05) is 0 Å². The molecule has 1 heterocycles. The molecular weight excluding hydrogens is 314 g/mol. The highest BCUT2D eigenvalue weighted by Gasteiger charge is 2.39. The Labute approximate surface area is 139 Å².